The predicted octanol–water partition coefficient (Wildman–Crippen LogP) is 4.00. The third-order valence-electron chi connectivity index (χ3n) is 5.12. The third kappa shape index (κ3) is 5.62. The summed E-state index contributed by atoms with van der Waals surface area (Å²) >= 11 is 1.39. The number of hydrogen-bond acceptors (Lipinski definition) is 8. The van der Waals surface area contributed by atoms with E-state index in [1.54, 1.807) is 36.4 Å². The van der Waals surface area contributed by atoms with Gasteiger partial charge in [-0.1, -0.05) is 18.2 Å². The van der Waals surface area contributed by atoms with Gasteiger partial charge in [-0.3, -0.25) is 14.5 Å². The van der Waals surface area contributed by atoms with Gasteiger partial charge < -0.3 is 14.5 Å². The highest BCUT2D eigenvalue weighted by Gasteiger charge is 2.36. The van der Waals surface area contributed by atoms with Gasteiger partial charge in [-0.05, 0) is 68.6 Å². The third-order valence-corrected chi connectivity index (χ3v) is 6.05. The van der Waals surface area contributed by atoms with Crippen LogP contribution < -0.4 is 15.0 Å². The van der Waals surface area contributed by atoms with E-state index in [0.29, 0.717) is 27.8 Å². The summed E-state index contributed by atoms with van der Waals surface area (Å²) < 4.78 is 11.1. The van der Waals surface area contributed by atoms with Crippen LogP contribution in [0, 0.1) is 6.92 Å². The fraction of sp³-hybridized carbons (Fsp3) is 0.320. The summed E-state index contributed by atoms with van der Waals surface area (Å²) in [6.45, 7) is 7.24. The average molecular weight is 509 g/mol. The standard InChI is InChI=1S/C25H28N6O4S/c1-16-12-13-19(35-16)23-27-29-30(28-23)15-21(32)31(17-9-6-7-10-18(17)34-5)22(20-11-8-14-36-20)24(33)26-25(2,3)4/h6-14,22H,15H2,1-5H3,(H,26,33)/t22-/m1/s1. The molecule has 0 radical (unpaired) electrons. The lowest BCUT2D eigenvalue weighted by molar-refractivity contribution is -0.128. The molecule has 11 heteroatoms. The van der Waals surface area contributed by atoms with E-state index in [9.17, 15) is 9.59 Å². The zero-order valence-electron chi connectivity index (χ0n) is 20.8. The van der Waals surface area contributed by atoms with Crippen molar-refractivity contribution in [2.45, 2.75) is 45.8 Å². The minimum Gasteiger partial charge on any atom is -0.495 e. The van der Waals surface area contributed by atoms with Crippen LogP contribution >= 0.6 is 11.3 Å². The number of nitrogens with zero attached hydrogens (tertiary/aromatic N) is 5. The molecular formula is C25H28N6O4S. The number of thiophene rings is 1. The second-order valence-electron chi connectivity index (χ2n) is 9.15. The van der Waals surface area contributed by atoms with Gasteiger partial charge in [0.25, 0.3) is 5.91 Å². The average Bonchev–Trinajstić information content (AvgIpc) is 3.58. The first-order valence-corrected chi connectivity index (χ1v) is 12.2. The Morgan fingerprint density at radius 3 is 2.58 bits per heavy atom. The van der Waals surface area contributed by atoms with Gasteiger partial charge in [-0.15, -0.1) is 21.5 Å². The normalized spacial score (nSPS) is 12.2. The van der Waals surface area contributed by atoms with Gasteiger partial charge in [0.2, 0.25) is 11.7 Å². The van der Waals surface area contributed by atoms with Gasteiger partial charge in [-0.2, -0.15) is 4.80 Å². The number of carbonyl (C=O) groups excluding carboxylic acids is 2. The molecule has 188 valence electrons. The van der Waals surface area contributed by atoms with Gasteiger partial charge in [0, 0.05) is 10.4 Å². The van der Waals surface area contributed by atoms with Crippen LogP contribution in [-0.2, 0) is 16.1 Å². The zero-order valence-corrected chi connectivity index (χ0v) is 21.6. The van der Waals surface area contributed by atoms with Crippen molar-refractivity contribution in [3.63, 3.8) is 0 Å². The zero-order chi connectivity index (χ0) is 25.9. The van der Waals surface area contributed by atoms with Gasteiger partial charge in [0.1, 0.15) is 24.1 Å². The molecule has 4 rings (SSSR count). The Bertz CT molecular complexity index is 1340. The van der Waals surface area contributed by atoms with Crippen LogP contribution in [0.15, 0.2) is 58.3 Å². The molecule has 2 amide bonds. The molecule has 1 aromatic carbocycles. The van der Waals surface area contributed by atoms with Crippen LogP contribution in [0.2, 0.25) is 0 Å². The number of amides is 2. The highest BCUT2D eigenvalue weighted by Crippen LogP contribution is 2.36. The smallest absolute Gasteiger partial charge is 0.251 e. The molecule has 4 aromatic rings. The number of para-hydroxylation sites is 2. The van der Waals surface area contributed by atoms with Gasteiger partial charge in [-0.25, -0.2) is 0 Å². The van der Waals surface area contributed by atoms with E-state index in [1.807, 2.05) is 45.2 Å². The van der Waals surface area contributed by atoms with E-state index in [4.69, 9.17) is 9.15 Å². The Hall–Kier alpha value is -3.99. The Morgan fingerprint density at radius 2 is 1.94 bits per heavy atom. The molecule has 0 aliphatic rings. The molecule has 0 aliphatic carbocycles. The fourth-order valence-electron chi connectivity index (χ4n) is 3.67. The molecule has 36 heavy (non-hydrogen) atoms. The number of hydrogen-bond donors (Lipinski definition) is 1. The number of aromatic nitrogens is 4. The summed E-state index contributed by atoms with van der Waals surface area (Å²) in [5, 5.41) is 17.2. The summed E-state index contributed by atoms with van der Waals surface area (Å²) in [7, 11) is 1.52. The lowest BCUT2D eigenvalue weighted by Crippen LogP contribution is -2.50. The van der Waals surface area contributed by atoms with Gasteiger partial charge >= 0.3 is 0 Å². The maximum absolute atomic E-state index is 13.9. The molecular weight excluding hydrogens is 480 g/mol. The molecule has 0 fully saturated rings. The monoisotopic (exact) mass is 508 g/mol. The van der Waals surface area contributed by atoms with E-state index >= 15 is 0 Å². The van der Waals surface area contributed by atoms with Crippen LogP contribution in [0.5, 0.6) is 5.75 Å². The summed E-state index contributed by atoms with van der Waals surface area (Å²) in [5.41, 5.74) is -0.0551. The first-order chi connectivity index (χ1) is 17.2. The molecule has 0 saturated carbocycles. The van der Waals surface area contributed by atoms with E-state index in [1.165, 1.54) is 28.1 Å². The van der Waals surface area contributed by atoms with Crippen molar-refractivity contribution in [3.05, 3.63) is 64.5 Å². The summed E-state index contributed by atoms with van der Waals surface area (Å²) in [6.07, 6.45) is 0. The van der Waals surface area contributed by atoms with Gasteiger partial charge in [0.15, 0.2) is 5.76 Å². The second-order valence-corrected chi connectivity index (χ2v) is 10.1. The van der Waals surface area contributed by atoms with Crippen LogP contribution in [0.1, 0.15) is 37.5 Å². The number of rotatable bonds is 8. The first kappa shape index (κ1) is 25.1. The molecule has 0 bridgehead atoms. The van der Waals surface area contributed by atoms with Crippen molar-refractivity contribution in [2.75, 3.05) is 12.0 Å². The summed E-state index contributed by atoms with van der Waals surface area (Å²) in [5.74, 6) is 1.15. The van der Waals surface area contributed by atoms with Crippen molar-refractivity contribution in [2.24, 2.45) is 0 Å². The molecule has 10 nitrogen and oxygen atoms in total. The first-order valence-electron chi connectivity index (χ1n) is 11.3. The molecule has 3 aromatic heterocycles. The van der Waals surface area contributed by atoms with Gasteiger partial charge in [0.05, 0.1) is 12.8 Å². The topological polar surface area (TPSA) is 115 Å². The van der Waals surface area contributed by atoms with E-state index < -0.39 is 17.5 Å². The molecule has 1 atom stereocenters. The number of carbonyl (C=O) groups is 2. The number of nitrogens with one attached hydrogen (secondary N) is 1. The van der Waals surface area contributed by atoms with Crippen LogP contribution in [0.4, 0.5) is 5.69 Å². The Kier molecular flexibility index (Phi) is 7.20. The van der Waals surface area contributed by atoms with Crippen molar-refractivity contribution in [3.8, 4) is 17.3 Å². The van der Waals surface area contributed by atoms with Crippen molar-refractivity contribution < 1.29 is 18.7 Å². The van der Waals surface area contributed by atoms with E-state index in [-0.39, 0.29) is 18.3 Å². The molecule has 3 heterocycles. The van der Waals surface area contributed by atoms with Crippen molar-refractivity contribution in [1.29, 1.82) is 0 Å². The molecule has 0 spiro atoms. The van der Waals surface area contributed by atoms with E-state index in [0.717, 1.165) is 0 Å². The second kappa shape index (κ2) is 10.3. The number of methoxy groups -OCH3 is 1. The van der Waals surface area contributed by atoms with E-state index in [2.05, 4.69) is 20.7 Å². The van der Waals surface area contributed by atoms with Crippen molar-refractivity contribution >= 4 is 28.8 Å². The number of aryl methyl sites for hydroxylation is 1. The quantitative estimate of drug-likeness (QED) is 0.382. The largest absolute Gasteiger partial charge is 0.495 e. The Balaban J connectivity index is 1.74. The minimum absolute atomic E-state index is 0.255. The highest BCUT2D eigenvalue weighted by atomic mass is 32.1. The lowest BCUT2D eigenvalue weighted by atomic mass is 10.1. The van der Waals surface area contributed by atoms with Crippen molar-refractivity contribution in [1.82, 2.24) is 25.5 Å². The molecule has 0 unspecified atom stereocenters. The number of furan rings is 1. The van der Waals surface area contributed by atoms with Crippen LogP contribution in [-0.4, -0.2) is 44.7 Å². The molecule has 1 N–H and O–H groups in total. The van der Waals surface area contributed by atoms with Crippen LogP contribution in [0.3, 0.4) is 0 Å². The number of tetrazole rings is 1. The predicted molar refractivity (Wildman–Crippen MR) is 136 cm³/mol. The highest BCUT2D eigenvalue weighted by molar-refractivity contribution is 7.10. The maximum atomic E-state index is 13.9. The number of anilines is 1. The molecule has 0 saturated heterocycles. The molecule has 0 aliphatic heterocycles. The van der Waals surface area contributed by atoms with Crippen LogP contribution in [0.25, 0.3) is 11.6 Å². The Labute approximate surface area is 212 Å². The Morgan fingerprint density at radius 1 is 1.17 bits per heavy atom. The fourth-order valence-corrected chi connectivity index (χ4v) is 4.48. The lowest BCUT2D eigenvalue weighted by Gasteiger charge is -2.33. The number of ether oxygens (including phenoxy) is 1. The minimum atomic E-state index is -0.941. The number of benzene rings is 1. The SMILES string of the molecule is COc1ccccc1N(C(=O)Cn1nnc(-c2ccc(C)o2)n1)[C@@H](C(=O)NC(C)(C)C)c1cccs1. The maximum Gasteiger partial charge on any atom is 0.251 e. The summed E-state index contributed by atoms with van der Waals surface area (Å²) in [6, 6.07) is 13.3. The summed E-state index contributed by atoms with van der Waals surface area (Å²) in [4.78, 5) is 30.8.